The lowest BCUT2D eigenvalue weighted by Crippen LogP contribution is -2.14. The van der Waals surface area contributed by atoms with Gasteiger partial charge in [-0.25, -0.2) is 9.67 Å². The van der Waals surface area contributed by atoms with Gasteiger partial charge in [-0.1, -0.05) is 6.07 Å². The molecule has 0 saturated carbocycles. The average molecular weight is 482 g/mol. The third-order valence-electron chi connectivity index (χ3n) is 5.68. The Morgan fingerprint density at radius 3 is 3.03 bits per heavy atom. The second-order valence-electron chi connectivity index (χ2n) is 8.01. The highest BCUT2D eigenvalue weighted by Gasteiger charge is 2.19. The maximum Gasteiger partial charge on any atom is 0.259 e. The number of aromatic amines is 1. The summed E-state index contributed by atoms with van der Waals surface area (Å²) in [6.07, 6.45) is 6.22. The van der Waals surface area contributed by atoms with Gasteiger partial charge in [0.15, 0.2) is 0 Å². The Morgan fingerprint density at radius 2 is 2.18 bits per heavy atom. The van der Waals surface area contributed by atoms with Crippen molar-refractivity contribution in [1.82, 2.24) is 30.2 Å². The number of aromatic nitrogens is 6. The second kappa shape index (κ2) is 9.44. The fraction of sp³-hybridized carbons (Fsp3) is 0.364. The van der Waals surface area contributed by atoms with Crippen LogP contribution in [-0.4, -0.2) is 41.8 Å². The summed E-state index contributed by atoms with van der Waals surface area (Å²) in [5, 5.41) is 14.9. The molecule has 0 spiro atoms. The van der Waals surface area contributed by atoms with Crippen molar-refractivity contribution < 1.29 is 4.79 Å². The monoisotopic (exact) mass is 481 g/mol. The maximum atomic E-state index is 12.6. The molecule has 0 saturated heterocycles. The number of aryl methyl sites for hydroxylation is 3. The number of nitrogens with zero attached hydrogens (tertiary/aromatic N) is 5. The summed E-state index contributed by atoms with van der Waals surface area (Å²) in [7, 11) is 0. The molecule has 0 unspecified atom stereocenters. The first-order chi connectivity index (χ1) is 16.1. The zero-order valence-electron chi connectivity index (χ0n) is 18.1. The van der Waals surface area contributed by atoms with Crippen LogP contribution in [0, 0.1) is 6.92 Å². The highest BCUT2D eigenvalue weighted by Crippen LogP contribution is 2.33. The van der Waals surface area contributed by atoms with E-state index in [1.54, 1.807) is 27.8 Å². The minimum Gasteiger partial charge on any atom is -0.326 e. The molecule has 4 aromatic rings. The van der Waals surface area contributed by atoms with Crippen LogP contribution in [-0.2, 0) is 23.4 Å². The minimum atomic E-state index is -0.0724. The zero-order valence-corrected chi connectivity index (χ0v) is 19.8. The largest absolute Gasteiger partial charge is 0.326 e. The van der Waals surface area contributed by atoms with Crippen molar-refractivity contribution in [1.29, 1.82) is 0 Å². The molecule has 5 rings (SSSR count). The van der Waals surface area contributed by atoms with Gasteiger partial charge < -0.3 is 10.3 Å². The van der Waals surface area contributed by atoms with Crippen LogP contribution in [0.5, 0.6) is 0 Å². The summed E-state index contributed by atoms with van der Waals surface area (Å²) in [6, 6.07) is 5.63. The third-order valence-corrected chi connectivity index (χ3v) is 7.83. The number of rotatable bonds is 7. The molecule has 3 heterocycles. The van der Waals surface area contributed by atoms with Crippen LogP contribution < -0.4 is 10.9 Å². The lowest BCUT2D eigenvalue weighted by atomic mass is 9.97. The first-order valence-electron chi connectivity index (χ1n) is 10.8. The Kier molecular flexibility index (Phi) is 6.23. The van der Waals surface area contributed by atoms with E-state index in [-0.39, 0.29) is 11.5 Å². The molecule has 9 nitrogen and oxygen atoms in total. The van der Waals surface area contributed by atoms with Gasteiger partial charge in [-0.3, -0.25) is 9.59 Å². The van der Waals surface area contributed by atoms with Crippen molar-refractivity contribution in [2.24, 2.45) is 0 Å². The van der Waals surface area contributed by atoms with Gasteiger partial charge in [0.05, 0.1) is 16.8 Å². The van der Waals surface area contributed by atoms with Gasteiger partial charge in [0.1, 0.15) is 17.0 Å². The average Bonchev–Trinajstić information content (AvgIpc) is 3.46. The summed E-state index contributed by atoms with van der Waals surface area (Å²) < 4.78 is 1.56. The Labute approximate surface area is 198 Å². The molecule has 1 aliphatic rings. The number of benzene rings is 1. The minimum absolute atomic E-state index is 0.0366. The number of hydrogen-bond acceptors (Lipinski definition) is 8. The molecular formula is C22H23N7O2S2. The second-order valence-corrected chi connectivity index (χ2v) is 10.2. The molecule has 1 aliphatic carbocycles. The zero-order chi connectivity index (χ0) is 22.8. The van der Waals surface area contributed by atoms with E-state index in [2.05, 4.69) is 25.8 Å². The number of hydrogen-bond donors (Lipinski definition) is 2. The third kappa shape index (κ3) is 4.69. The number of carbonyl (C=O) groups is 1. The molecule has 0 atom stereocenters. The van der Waals surface area contributed by atoms with E-state index < -0.39 is 0 Å². The van der Waals surface area contributed by atoms with E-state index in [9.17, 15) is 9.59 Å². The van der Waals surface area contributed by atoms with E-state index in [1.807, 2.05) is 25.1 Å². The Morgan fingerprint density at radius 1 is 1.30 bits per heavy atom. The van der Waals surface area contributed by atoms with Crippen LogP contribution >= 0.6 is 23.1 Å². The predicted octanol–water partition coefficient (Wildman–Crippen LogP) is 3.41. The van der Waals surface area contributed by atoms with Crippen molar-refractivity contribution >= 4 is 44.9 Å². The SMILES string of the molecule is Cc1ccc(NC(=O)CCSCc2nc3sc4c(c3c(=O)[nH]2)CCCC4)cc1-n1cnnn1. The number of amides is 1. The number of H-pyrrole nitrogens is 1. The fourth-order valence-electron chi connectivity index (χ4n) is 4.04. The summed E-state index contributed by atoms with van der Waals surface area (Å²) >= 11 is 3.24. The first-order valence-corrected chi connectivity index (χ1v) is 12.8. The van der Waals surface area contributed by atoms with E-state index >= 15 is 0 Å². The highest BCUT2D eigenvalue weighted by atomic mass is 32.2. The molecule has 3 aromatic heterocycles. The van der Waals surface area contributed by atoms with Gasteiger partial charge in [-0.05, 0) is 66.3 Å². The molecule has 1 amide bonds. The number of thiophene rings is 1. The quantitative estimate of drug-likeness (QED) is 0.388. The highest BCUT2D eigenvalue weighted by molar-refractivity contribution is 7.98. The molecule has 0 bridgehead atoms. The fourth-order valence-corrected chi connectivity index (χ4v) is 6.12. The van der Waals surface area contributed by atoms with E-state index in [0.29, 0.717) is 29.4 Å². The van der Waals surface area contributed by atoms with Crippen LogP contribution in [0.15, 0.2) is 29.3 Å². The number of nitrogens with one attached hydrogen (secondary N) is 2. The van der Waals surface area contributed by atoms with E-state index in [0.717, 1.165) is 40.7 Å². The Bertz CT molecular complexity index is 1360. The summed E-state index contributed by atoms with van der Waals surface area (Å²) in [6.45, 7) is 1.96. The van der Waals surface area contributed by atoms with Gasteiger partial charge in [0.2, 0.25) is 5.91 Å². The van der Waals surface area contributed by atoms with Crippen molar-refractivity contribution in [2.75, 3.05) is 11.1 Å². The van der Waals surface area contributed by atoms with Crippen LogP contribution in [0.4, 0.5) is 5.69 Å². The van der Waals surface area contributed by atoms with Crippen molar-refractivity contribution in [2.45, 2.75) is 44.8 Å². The molecule has 0 fully saturated rings. The summed E-state index contributed by atoms with van der Waals surface area (Å²) in [5.41, 5.74) is 3.67. The predicted molar refractivity (Wildman–Crippen MR) is 130 cm³/mol. The number of anilines is 1. The molecular weight excluding hydrogens is 458 g/mol. The molecule has 33 heavy (non-hydrogen) atoms. The van der Waals surface area contributed by atoms with Crippen LogP contribution in [0.25, 0.3) is 15.9 Å². The van der Waals surface area contributed by atoms with Gasteiger partial charge in [0.25, 0.3) is 5.56 Å². The number of tetrazole rings is 1. The maximum absolute atomic E-state index is 12.6. The first kappa shape index (κ1) is 21.8. The molecule has 2 N–H and O–H groups in total. The van der Waals surface area contributed by atoms with E-state index in [4.69, 9.17) is 4.98 Å². The van der Waals surface area contributed by atoms with Gasteiger partial charge in [0, 0.05) is 22.7 Å². The number of fused-ring (bicyclic) bond motifs is 3. The van der Waals surface area contributed by atoms with Crippen LogP contribution in [0.2, 0.25) is 0 Å². The van der Waals surface area contributed by atoms with E-state index in [1.165, 1.54) is 23.2 Å². The molecule has 0 aliphatic heterocycles. The van der Waals surface area contributed by atoms with Crippen LogP contribution in [0.3, 0.4) is 0 Å². The number of thioether (sulfide) groups is 1. The van der Waals surface area contributed by atoms with Gasteiger partial charge in [-0.2, -0.15) is 11.8 Å². The Hall–Kier alpha value is -3.05. The molecule has 170 valence electrons. The smallest absolute Gasteiger partial charge is 0.259 e. The topological polar surface area (TPSA) is 118 Å². The summed E-state index contributed by atoms with van der Waals surface area (Å²) in [5.74, 6) is 1.79. The number of carbonyl (C=O) groups excluding carboxylic acids is 1. The van der Waals surface area contributed by atoms with Crippen molar-refractivity contribution in [3.05, 3.63) is 56.7 Å². The van der Waals surface area contributed by atoms with Gasteiger partial charge >= 0.3 is 0 Å². The standard InChI is InChI=1S/C22H23N7O2S2/c1-13-6-7-14(10-16(13)29-12-23-27-28-29)24-19(30)8-9-32-11-18-25-21(31)20-15-4-2-3-5-17(15)33-22(20)26-18/h6-7,10,12H,2-5,8-9,11H2,1H3,(H,24,30)(H,25,26,31). The Balaban J connectivity index is 1.16. The lowest BCUT2D eigenvalue weighted by molar-refractivity contribution is -0.115. The molecule has 0 radical (unpaired) electrons. The molecule has 11 heteroatoms. The summed E-state index contributed by atoms with van der Waals surface area (Å²) in [4.78, 5) is 34.8. The van der Waals surface area contributed by atoms with Crippen molar-refractivity contribution in [3.63, 3.8) is 0 Å². The molecule has 1 aromatic carbocycles. The van der Waals surface area contributed by atoms with Gasteiger partial charge in [-0.15, -0.1) is 16.4 Å². The lowest BCUT2D eigenvalue weighted by Gasteiger charge is -2.10. The van der Waals surface area contributed by atoms with Crippen molar-refractivity contribution in [3.8, 4) is 5.69 Å². The van der Waals surface area contributed by atoms with Crippen LogP contribution in [0.1, 0.15) is 41.1 Å². The normalized spacial score (nSPS) is 13.2.